The molecule has 0 spiro atoms. The van der Waals surface area contributed by atoms with Crippen LogP contribution in [0.25, 0.3) is 0 Å². The minimum Gasteiger partial charge on any atom is -0.388 e. The van der Waals surface area contributed by atoms with Crippen molar-refractivity contribution in [1.29, 1.82) is 10.8 Å². The minimum absolute atomic E-state index is 0.281. The van der Waals surface area contributed by atoms with Crippen molar-refractivity contribution in [2.24, 2.45) is 11.5 Å². The molecule has 0 aromatic carbocycles. The maximum atomic E-state index is 8.74. The summed E-state index contributed by atoms with van der Waals surface area (Å²) in [4.78, 5) is 0. The number of hydrogen-bond donors (Lipinski definition) is 6. The van der Waals surface area contributed by atoms with Crippen molar-refractivity contribution in [2.45, 2.75) is 44.9 Å². The molecule has 0 unspecified atom stereocenters. The second-order valence-electron chi connectivity index (χ2n) is 3.77. The van der Waals surface area contributed by atoms with Gasteiger partial charge in [-0.1, -0.05) is 19.3 Å². The lowest BCUT2D eigenvalue weighted by Crippen LogP contribution is -2.09. The third kappa shape index (κ3) is 36.4. The molecule has 0 aliphatic carbocycles. The highest BCUT2D eigenvalue weighted by molar-refractivity contribution is 7.79. The van der Waals surface area contributed by atoms with Gasteiger partial charge in [-0.05, 0) is 12.8 Å². The van der Waals surface area contributed by atoms with Gasteiger partial charge in [-0.2, -0.15) is 8.42 Å². The Labute approximate surface area is 107 Å². The van der Waals surface area contributed by atoms with Gasteiger partial charge in [0.1, 0.15) is 0 Å². The lowest BCUT2D eigenvalue weighted by molar-refractivity contribution is 0.381. The number of unbranched alkanes of at least 4 members (excludes halogenated alkanes) is 4. The topological polar surface area (TPSA) is 174 Å². The summed E-state index contributed by atoms with van der Waals surface area (Å²) in [6.07, 6.45) is 6.85. The SMILES string of the molecule is N=C(N)CCCCCCCC(=N)N.O=S(=O)(O)O. The lowest BCUT2D eigenvalue weighted by Gasteiger charge is -2.00. The monoisotopic (exact) mass is 282 g/mol. The van der Waals surface area contributed by atoms with E-state index in [1.807, 2.05) is 0 Å². The summed E-state index contributed by atoms with van der Waals surface area (Å²) in [5.41, 5.74) is 10.4. The molecule has 0 aliphatic heterocycles. The fraction of sp³-hybridized carbons (Fsp3) is 0.778. The second-order valence-corrected chi connectivity index (χ2v) is 4.66. The Morgan fingerprint density at radius 2 is 1.06 bits per heavy atom. The molecule has 0 atom stereocenters. The molecule has 0 aliphatic rings. The van der Waals surface area contributed by atoms with Gasteiger partial charge in [-0.25, -0.2) is 0 Å². The molecule has 0 radical (unpaired) electrons. The van der Waals surface area contributed by atoms with Crippen LogP contribution in [0.5, 0.6) is 0 Å². The summed E-state index contributed by atoms with van der Waals surface area (Å²) in [6, 6.07) is 0. The predicted octanol–water partition coefficient (Wildman–Crippen LogP) is 0.936. The largest absolute Gasteiger partial charge is 0.394 e. The molecule has 8 N–H and O–H groups in total. The molecule has 0 saturated carbocycles. The molecule has 18 heavy (non-hydrogen) atoms. The van der Waals surface area contributed by atoms with Gasteiger partial charge in [-0.3, -0.25) is 19.9 Å². The van der Waals surface area contributed by atoms with Crippen LogP contribution in [0.4, 0.5) is 0 Å². The zero-order valence-electron chi connectivity index (χ0n) is 10.2. The molecule has 0 saturated heterocycles. The van der Waals surface area contributed by atoms with Crippen molar-refractivity contribution >= 4 is 22.1 Å². The molecule has 8 nitrogen and oxygen atoms in total. The first-order chi connectivity index (χ1) is 8.13. The third-order valence-corrected chi connectivity index (χ3v) is 1.89. The van der Waals surface area contributed by atoms with Crippen molar-refractivity contribution in [3.63, 3.8) is 0 Å². The fourth-order valence-corrected chi connectivity index (χ4v) is 1.16. The number of rotatable bonds is 8. The molecule has 0 heterocycles. The van der Waals surface area contributed by atoms with Gasteiger partial charge in [0.15, 0.2) is 0 Å². The summed E-state index contributed by atoms with van der Waals surface area (Å²) in [6.45, 7) is 0. The second kappa shape index (κ2) is 10.9. The van der Waals surface area contributed by atoms with Crippen LogP contribution < -0.4 is 11.5 Å². The van der Waals surface area contributed by atoms with Gasteiger partial charge in [0.25, 0.3) is 0 Å². The molecule has 0 bridgehead atoms. The van der Waals surface area contributed by atoms with E-state index in [0.29, 0.717) is 12.8 Å². The molecular weight excluding hydrogens is 260 g/mol. The number of amidine groups is 2. The molecule has 0 aromatic heterocycles. The highest BCUT2D eigenvalue weighted by atomic mass is 32.3. The smallest absolute Gasteiger partial charge is 0.388 e. The van der Waals surface area contributed by atoms with Gasteiger partial charge in [0.2, 0.25) is 0 Å². The first-order valence-corrected chi connectivity index (χ1v) is 6.88. The van der Waals surface area contributed by atoms with Crippen molar-refractivity contribution in [3.05, 3.63) is 0 Å². The Kier molecular flexibility index (Phi) is 11.6. The first-order valence-electron chi connectivity index (χ1n) is 5.48. The van der Waals surface area contributed by atoms with Crippen molar-refractivity contribution < 1.29 is 17.5 Å². The van der Waals surface area contributed by atoms with E-state index in [1.165, 1.54) is 0 Å². The summed E-state index contributed by atoms with van der Waals surface area (Å²) in [7, 11) is -4.67. The standard InChI is InChI=1S/C9H20N4.H2O4S/c10-8(11)6-4-2-1-3-5-7-9(12)13;1-5(2,3)4/h1-7H2,(H3,10,11)(H3,12,13);(H2,1,2,3,4). The Hall–Kier alpha value is -1.19. The van der Waals surface area contributed by atoms with Gasteiger partial charge in [0, 0.05) is 12.8 Å². The zero-order chi connectivity index (χ0) is 14.6. The molecule has 108 valence electrons. The van der Waals surface area contributed by atoms with Crippen LogP contribution in [0, 0.1) is 10.8 Å². The Morgan fingerprint density at radius 1 is 0.833 bits per heavy atom. The summed E-state index contributed by atoms with van der Waals surface area (Å²) in [5, 5.41) is 14.0. The quantitative estimate of drug-likeness (QED) is 0.167. The van der Waals surface area contributed by atoms with Gasteiger partial charge >= 0.3 is 10.4 Å². The third-order valence-electron chi connectivity index (χ3n) is 1.89. The zero-order valence-corrected chi connectivity index (χ0v) is 11.0. The van der Waals surface area contributed by atoms with Crippen LogP contribution in [-0.4, -0.2) is 29.2 Å². The maximum Gasteiger partial charge on any atom is 0.394 e. The Bertz CT molecular complexity index is 316. The van der Waals surface area contributed by atoms with E-state index >= 15 is 0 Å². The van der Waals surface area contributed by atoms with E-state index < -0.39 is 10.4 Å². The Balaban J connectivity index is 0. The predicted molar refractivity (Wildman–Crippen MR) is 70.3 cm³/mol. The van der Waals surface area contributed by atoms with Crippen LogP contribution in [0.15, 0.2) is 0 Å². The van der Waals surface area contributed by atoms with E-state index in [4.69, 9.17) is 39.8 Å². The van der Waals surface area contributed by atoms with Crippen LogP contribution in [0.2, 0.25) is 0 Å². The highest BCUT2D eigenvalue weighted by Gasteiger charge is 1.93. The maximum absolute atomic E-state index is 8.74. The molecule has 0 aromatic rings. The Morgan fingerprint density at radius 3 is 1.28 bits per heavy atom. The fourth-order valence-electron chi connectivity index (χ4n) is 1.16. The van der Waals surface area contributed by atoms with Gasteiger partial charge in [0.05, 0.1) is 11.7 Å². The highest BCUT2D eigenvalue weighted by Crippen LogP contribution is 2.06. The van der Waals surface area contributed by atoms with E-state index in [9.17, 15) is 0 Å². The van der Waals surface area contributed by atoms with Crippen molar-refractivity contribution in [2.75, 3.05) is 0 Å². The molecular formula is C9H22N4O4S. The average Bonchev–Trinajstić information content (AvgIpc) is 2.12. The van der Waals surface area contributed by atoms with E-state index in [2.05, 4.69) is 0 Å². The van der Waals surface area contributed by atoms with Crippen LogP contribution in [0.3, 0.4) is 0 Å². The van der Waals surface area contributed by atoms with Gasteiger partial charge < -0.3 is 11.5 Å². The minimum atomic E-state index is -4.67. The summed E-state index contributed by atoms with van der Waals surface area (Å²) >= 11 is 0. The average molecular weight is 282 g/mol. The van der Waals surface area contributed by atoms with Crippen LogP contribution in [-0.2, 0) is 10.4 Å². The van der Waals surface area contributed by atoms with E-state index in [0.717, 1.165) is 32.1 Å². The van der Waals surface area contributed by atoms with Crippen molar-refractivity contribution in [3.8, 4) is 0 Å². The molecule has 0 amide bonds. The molecule has 9 heteroatoms. The van der Waals surface area contributed by atoms with Crippen molar-refractivity contribution in [1.82, 2.24) is 0 Å². The number of hydrogen-bond acceptors (Lipinski definition) is 4. The number of nitrogens with one attached hydrogen (secondary N) is 2. The van der Waals surface area contributed by atoms with Crippen LogP contribution >= 0.6 is 0 Å². The first kappa shape index (κ1) is 19.2. The summed E-state index contributed by atoms with van der Waals surface area (Å²) < 4.78 is 31.6. The molecule has 0 rings (SSSR count). The number of nitrogens with two attached hydrogens (primary N) is 2. The van der Waals surface area contributed by atoms with Gasteiger partial charge in [-0.15, -0.1) is 0 Å². The van der Waals surface area contributed by atoms with Crippen LogP contribution in [0.1, 0.15) is 44.9 Å². The van der Waals surface area contributed by atoms with E-state index in [-0.39, 0.29) is 11.7 Å². The van der Waals surface area contributed by atoms with E-state index in [1.54, 1.807) is 0 Å². The lowest BCUT2D eigenvalue weighted by atomic mass is 10.1. The normalized spacial score (nSPS) is 10.3. The molecule has 0 fully saturated rings. The summed E-state index contributed by atoms with van der Waals surface area (Å²) in [5.74, 6) is 0.562.